The Morgan fingerprint density at radius 1 is 1.44 bits per heavy atom. The van der Waals surface area contributed by atoms with Crippen molar-refractivity contribution in [2.45, 2.75) is 26.3 Å². The third kappa shape index (κ3) is 2.31. The number of aromatic nitrogens is 1. The van der Waals surface area contributed by atoms with Gasteiger partial charge < -0.3 is 15.5 Å². The Kier molecular flexibility index (Phi) is 3.50. The molecule has 0 aliphatic rings. The summed E-state index contributed by atoms with van der Waals surface area (Å²) >= 11 is 0. The van der Waals surface area contributed by atoms with Gasteiger partial charge in [-0.2, -0.15) is 0 Å². The van der Waals surface area contributed by atoms with Crippen LogP contribution in [-0.2, 0) is 11.2 Å². The molecule has 0 unspecified atom stereocenters. The molecule has 86 valence electrons. The highest BCUT2D eigenvalue weighted by molar-refractivity contribution is 5.83. The van der Waals surface area contributed by atoms with Crippen LogP contribution in [0.2, 0.25) is 0 Å². The lowest BCUT2D eigenvalue weighted by atomic mass is 9.95. The maximum Gasteiger partial charge on any atom is 0.139 e. The number of benzene rings is 1. The summed E-state index contributed by atoms with van der Waals surface area (Å²) in [5.41, 5.74) is 7.19. The third-order valence-corrected chi connectivity index (χ3v) is 2.52. The summed E-state index contributed by atoms with van der Waals surface area (Å²) in [7, 11) is 0. The molecule has 3 nitrogen and oxygen atoms in total. The zero-order chi connectivity index (χ0) is 10.9. The molecule has 0 saturated heterocycles. The lowest BCUT2D eigenvalue weighted by Gasteiger charge is -2.15. The van der Waals surface area contributed by atoms with E-state index in [9.17, 15) is 4.79 Å². The molecule has 0 bridgehead atoms. The quantitative estimate of drug-likeness (QED) is 0.776. The summed E-state index contributed by atoms with van der Waals surface area (Å²) in [6.45, 7) is 1.74. The van der Waals surface area contributed by atoms with Gasteiger partial charge in [-0.15, -0.1) is 0 Å². The molecule has 1 aromatic heterocycles. The van der Waals surface area contributed by atoms with Gasteiger partial charge in [-0.05, 0) is 25.0 Å². The van der Waals surface area contributed by atoms with Gasteiger partial charge in [-0.25, -0.2) is 0 Å². The maximum atomic E-state index is 10.8. The van der Waals surface area contributed by atoms with E-state index in [1.54, 1.807) is 6.92 Å². The predicted molar refractivity (Wildman–Crippen MR) is 67.4 cm³/mol. The number of para-hydroxylation sites is 1. The summed E-state index contributed by atoms with van der Waals surface area (Å²) < 4.78 is 0. The second kappa shape index (κ2) is 4.49. The number of H-pyrrole nitrogens is 1. The normalized spacial score (nSPS) is 14.1. The van der Waals surface area contributed by atoms with Crippen LogP contribution in [-0.4, -0.2) is 16.8 Å². The number of carbonyl (C=O) groups excluding carboxylic acids is 1. The third-order valence-electron chi connectivity index (χ3n) is 2.52. The van der Waals surface area contributed by atoms with E-state index in [4.69, 9.17) is 5.73 Å². The molecule has 0 aliphatic carbocycles. The largest absolute Gasteiger partial charge is 0.361 e. The van der Waals surface area contributed by atoms with Crippen molar-refractivity contribution in [2.24, 2.45) is 5.73 Å². The highest BCUT2D eigenvalue weighted by atomic mass is 16.1. The number of hydrogen-bond acceptors (Lipinski definition) is 2. The molecule has 0 saturated carbocycles. The SMILES string of the molecule is C.C[C@@](N)(C=O)Cc1c[nH]c2ccccc12. The van der Waals surface area contributed by atoms with E-state index in [1.165, 1.54) is 0 Å². The topological polar surface area (TPSA) is 58.9 Å². The fourth-order valence-electron chi connectivity index (χ4n) is 1.73. The lowest BCUT2D eigenvalue weighted by Crippen LogP contribution is -2.40. The average Bonchev–Trinajstić information content (AvgIpc) is 2.62. The first-order valence-electron chi connectivity index (χ1n) is 4.92. The molecule has 0 spiro atoms. The second-order valence-corrected chi connectivity index (χ2v) is 4.16. The van der Waals surface area contributed by atoms with Crippen LogP contribution in [0.3, 0.4) is 0 Å². The predicted octanol–water partition coefficient (Wildman–Crippen LogP) is 2.26. The Hall–Kier alpha value is -1.61. The first kappa shape index (κ1) is 12.5. The van der Waals surface area contributed by atoms with Crippen LogP contribution < -0.4 is 5.73 Å². The van der Waals surface area contributed by atoms with E-state index in [0.29, 0.717) is 6.42 Å². The van der Waals surface area contributed by atoms with Crippen molar-refractivity contribution < 1.29 is 4.79 Å². The number of carbonyl (C=O) groups is 1. The Morgan fingerprint density at radius 2 is 2.12 bits per heavy atom. The van der Waals surface area contributed by atoms with Crippen LogP contribution >= 0.6 is 0 Å². The summed E-state index contributed by atoms with van der Waals surface area (Å²) in [5.74, 6) is 0. The molecule has 1 aromatic carbocycles. The number of rotatable bonds is 3. The van der Waals surface area contributed by atoms with E-state index in [2.05, 4.69) is 4.98 Å². The van der Waals surface area contributed by atoms with Gasteiger partial charge in [0.05, 0.1) is 5.54 Å². The molecule has 2 aromatic rings. The minimum atomic E-state index is -0.787. The van der Waals surface area contributed by atoms with Gasteiger partial charge in [-0.1, -0.05) is 25.6 Å². The van der Waals surface area contributed by atoms with E-state index in [-0.39, 0.29) is 7.43 Å². The standard InChI is InChI=1S/C12H14N2O.CH4/c1-12(13,8-15)6-9-7-14-11-5-3-2-4-10(9)11;/h2-5,7-8,14H,6,13H2,1H3;1H4/t12-;/m0./s1. The molecule has 1 atom stereocenters. The molecule has 1 heterocycles. The number of nitrogens with two attached hydrogens (primary N) is 1. The van der Waals surface area contributed by atoms with Crippen LogP contribution in [0.5, 0.6) is 0 Å². The fourth-order valence-corrected chi connectivity index (χ4v) is 1.73. The molecule has 0 aliphatic heterocycles. The minimum Gasteiger partial charge on any atom is -0.361 e. The zero-order valence-corrected chi connectivity index (χ0v) is 8.66. The van der Waals surface area contributed by atoms with E-state index in [0.717, 1.165) is 22.8 Å². The molecule has 2 rings (SSSR count). The molecule has 0 radical (unpaired) electrons. The molecule has 0 amide bonds. The lowest BCUT2D eigenvalue weighted by molar-refractivity contribution is -0.111. The van der Waals surface area contributed by atoms with Gasteiger partial charge >= 0.3 is 0 Å². The highest BCUT2D eigenvalue weighted by Crippen LogP contribution is 2.20. The van der Waals surface area contributed by atoms with Crippen molar-refractivity contribution in [3.05, 3.63) is 36.0 Å². The Morgan fingerprint density at radius 3 is 2.81 bits per heavy atom. The smallest absolute Gasteiger partial charge is 0.139 e. The highest BCUT2D eigenvalue weighted by Gasteiger charge is 2.19. The second-order valence-electron chi connectivity index (χ2n) is 4.16. The van der Waals surface area contributed by atoms with Crippen molar-refractivity contribution in [1.29, 1.82) is 0 Å². The fraction of sp³-hybridized carbons (Fsp3) is 0.308. The van der Waals surface area contributed by atoms with Gasteiger partial charge in [0.1, 0.15) is 6.29 Å². The molecule has 0 fully saturated rings. The van der Waals surface area contributed by atoms with Gasteiger partial charge in [0.25, 0.3) is 0 Å². The van der Waals surface area contributed by atoms with Crippen molar-refractivity contribution in [3.63, 3.8) is 0 Å². The molecular weight excluding hydrogens is 200 g/mol. The van der Waals surface area contributed by atoms with Crippen molar-refractivity contribution in [1.82, 2.24) is 4.98 Å². The first-order valence-corrected chi connectivity index (χ1v) is 4.92. The van der Waals surface area contributed by atoms with E-state index < -0.39 is 5.54 Å². The van der Waals surface area contributed by atoms with Gasteiger partial charge in [0.15, 0.2) is 0 Å². The number of aldehydes is 1. The van der Waals surface area contributed by atoms with Gasteiger partial charge in [0, 0.05) is 17.1 Å². The Balaban J connectivity index is 0.00000128. The molecule has 16 heavy (non-hydrogen) atoms. The monoisotopic (exact) mass is 218 g/mol. The van der Waals surface area contributed by atoms with E-state index in [1.807, 2.05) is 30.5 Å². The summed E-state index contributed by atoms with van der Waals surface area (Å²) in [6, 6.07) is 7.99. The van der Waals surface area contributed by atoms with E-state index >= 15 is 0 Å². The number of aromatic amines is 1. The summed E-state index contributed by atoms with van der Waals surface area (Å²) in [6.07, 6.45) is 3.27. The summed E-state index contributed by atoms with van der Waals surface area (Å²) in [4.78, 5) is 13.9. The number of fused-ring (bicyclic) bond motifs is 1. The van der Waals surface area contributed by atoms with Crippen LogP contribution in [0.1, 0.15) is 19.9 Å². The Bertz CT molecular complexity index is 485. The number of hydrogen-bond donors (Lipinski definition) is 2. The zero-order valence-electron chi connectivity index (χ0n) is 8.66. The average molecular weight is 218 g/mol. The van der Waals surface area contributed by atoms with Gasteiger partial charge in [-0.3, -0.25) is 0 Å². The van der Waals surface area contributed by atoms with Crippen LogP contribution in [0.25, 0.3) is 10.9 Å². The first-order chi connectivity index (χ1) is 7.12. The van der Waals surface area contributed by atoms with Crippen molar-refractivity contribution in [3.8, 4) is 0 Å². The Labute approximate surface area is 95.7 Å². The molecule has 3 N–H and O–H groups in total. The maximum absolute atomic E-state index is 10.8. The van der Waals surface area contributed by atoms with Crippen LogP contribution in [0, 0.1) is 0 Å². The van der Waals surface area contributed by atoms with Crippen LogP contribution in [0.4, 0.5) is 0 Å². The van der Waals surface area contributed by atoms with Gasteiger partial charge in [0.2, 0.25) is 0 Å². The van der Waals surface area contributed by atoms with Crippen molar-refractivity contribution >= 4 is 17.2 Å². The number of nitrogens with one attached hydrogen (secondary N) is 1. The van der Waals surface area contributed by atoms with Crippen molar-refractivity contribution in [2.75, 3.05) is 0 Å². The minimum absolute atomic E-state index is 0. The van der Waals surface area contributed by atoms with Crippen LogP contribution in [0.15, 0.2) is 30.5 Å². The molecular formula is C13H18N2O. The summed E-state index contributed by atoms with van der Waals surface area (Å²) in [5, 5.41) is 1.14. The molecule has 3 heteroatoms.